The van der Waals surface area contributed by atoms with E-state index in [0.29, 0.717) is 19.3 Å². The van der Waals surface area contributed by atoms with Crippen molar-refractivity contribution in [2.75, 3.05) is 6.61 Å². The first-order chi connectivity index (χ1) is 30.0. The molecule has 0 saturated carbocycles. The smallest absolute Gasteiger partial charge is 0.306 e. The summed E-state index contributed by atoms with van der Waals surface area (Å²) in [7, 11) is 0. The van der Waals surface area contributed by atoms with Crippen LogP contribution in [-0.2, 0) is 14.3 Å². The maximum atomic E-state index is 13.2. The topological polar surface area (TPSA) is 95.9 Å². The van der Waals surface area contributed by atoms with Crippen LogP contribution in [-0.4, -0.2) is 46.9 Å². The molecule has 0 aliphatic carbocycles. The number of aliphatic hydroxyl groups excluding tert-OH is 2. The average Bonchev–Trinajstić information content (AvgIpc) is 3.25. The number of carbonyl (C=O) groups is 2. The average molecular weight is 852 g/mol. The highest BCUT2D eigenvalue weighted by Crippen LogP contribution is 2.17. The Balaban J connectivity index is 4.60. The van der Waals surface area contributed by atoms with Gasteiger partial charge in [-0.05, 0) is 96.3 Å². The van der Waals surface area contributed by atoms with Gasteiger partial charge in [-0.1, -0.05) is 203 Å². The molecule has 0 rings (SSSR count). The van der Waals surface area contributed by atoms with Gasteiger partial charge in [0.1, 0.15) is 6.10 Å². The normalized spacial score (nSPS) is 13.9. The second-order valence-corrected chi connectivity index (χ2v) is 17.2. The van der Waals surface area contributed by atoms with Gasteiger partial charge in [0.05, 0.1) is 25.2 Å². The largest absolute Gasteiger partial charge is 0.462 e. The first-order valence-electron chi connectivity index (χ1n) is 25.7. The van der Waals surface area contributed by atoms with Crippen LogP contribution in [0.3, 0.4) is 0 Å². The standard InChI is InChI=1S/C55H97NO5/c1-4-7-10-13-16-19-22-24-25-26-27-28-29-30-33-36-39-42-45-48-55(60)61-51(46-43-40-37-34-32-23-20-17-14-11-8-5-2)49-54(59)56-52(50-57)53(58)47-44-41-38-35-31-21-18-15-12-9-6-3/h8,11,16-17,19-20,24-25,27-28,32,34,51-53,57-58H,4-7,9-10,12-15,18,21-23,26,29-31,33,35-50H2,1-3H3,(H,56,59)/b11-8+,19-16-,20-17+,25-24-,28-27-,34-32+. The molecule has 0 aromatic heterocycles. The van der Waals surface area contributed by atoms with Crippen molar-refractivity contribution in [3.63, 3.8) is 0 Å². The summed E-state index contributed by atoms with van der Waals surface area (Å²) in [6.45, 7) is 6.31. The zero-order valence-corrected chi connectivity index (χ0v) is 40.0. The highest BCUT2D eigenvalue weighted by molar-refractivity contribution is 5.77. The quantitative estimate of drug-likeness (QED) is 0.0322. The minimum absolute atomic E-state index is 0.0434. The molecule has 61 heavy (non-hydrogen) atoms. The van der Waals surface area contributed by atoms with E-state index in [4.69, 9.17) is 4.74 Å². The van der Waals surface area contributed by atoms with E-state index in [1.54, 1.807) is 0 Å². The van der Waals surface area contributed by atoms with Crippen molar-refractivity contribution in [2.45, 2.75) is 257 Å². The second kappa shape index (κ2) is 48.3. The Hall–Kier alpha value is -2.70. The summed E-state index contributed by atoms with van der Waals surface area (Å²) in [5.41, 5.74) is 0. The third kappa shape index (κ3) is 43.7. The number of amides is 1. The van der Waals surface area contributed by atoms with Crippen molar-refractivity contribution in [3.05, 3.63) is 72.9 Å². The molecular weight excluding hydrogens is 755 g/mol. The fourth-order valence-electron chi connectivity index (χ4n) is 7.39. The molecular formula is C55H97NO5. The van der Waals surface area contributed by atoms with Crippen LogP contribution in [0.1, 0.15) is 239 Å². The molecule has 6 heteroatoms. The first kappa shape index (κ1) is 58.3. The Morgan fingerprint density at radius 3 is 1.39 bits per heavy atom. The third-order valence-electron chi connectivity index (χ3n) is 11.3. The maximum Gasteiger partial charge on any atom is 0.306 e. The summed E-state index contributed by atoms with van der Waals surface area (Å²) in [4.78, 5) is 26.1. The van der Waals surface area contributed by atoms with Crippen LogP contribution in [0.4, 0.5) is 0 Å². The van der Waals surface area contributed by atoms with Gasteiger partial charge < -0.3 is 20.3 Å². The van der Waals surface area contributed by atoms with E-state index in [-0.39, 0.29) is 24.9 Å². The Bertz CT molecular complexity index is 1140. The third-order valence-corrected chi connectivity index (χ3v) is 11.3. The van der Waals surface area contributed by atoms with Gasteiger partial charge in [0.2, 0.25) is 5.91 Å². The molecule has 3 atom stereocenters. The van der Waals surface area contributed by atoms with Crippen LogP contribution in [0.25, 0.3) is 0 Å². The fourth-order valence-corrected chi connectivity index (χ4v) is 7.39. The Kier molecular flexibility index (Phi) is 46.2. The van der Waals surface area contributed by atoms with Gasteiger partial charge in [-0.2, -0.15) is 0 Å². The van der Waals surface area contributed by atoms with E-state index in [0.717, 1.165) is 96.3 Å². The molecule has 0 aromatic rings. The van der Waals surface area contributed by atoms with Crippen molar-refractivity contribution in [3.8, 4) is 0 Å². The zero-order valence-electron chi connectivity index (χ0n) is 40.0. The van der Waals surface area contributed by atoms with Crippen molar-refractivity contribution >= 4 is 11.9 Å². The molecule has 0 saturated heterocycles. The van der Waals surface area contributed by atoms with Gasteiger partial charge in [0, 0.05) is 6.42 Å². The van der Waals surface area contributed by atoms with Crippen molar-refractivity contribution in [1.82, 2.24) is 5.32 Å². The number of rotatable bonds is 45. The predicted octanol–water partition coefficient (Wildman–Crippen LogP) is 15.4. The summed E-state index contributed by atoms with van der Waals surface area (Å²) in [5.74, 6) is -0.529. The van der Waals surface area contributed by atoms with Gasteiger partial charge in [-0.25, -0.2) is 0 Å². The maximum absolute atomic E-state index is 13.2. The van der Waals surface area contributed by atoms with Gasteiger partial charge >= 0.3 is 5.97 Å². The Morgan fingerprint density at radius 2 is 0.885 bits per heavy atom. The van der Waals surface area contributed by atoms with Crippen LogP contribution in [0, 0.1) is 0 Å². The number of nitrogens with one attached hydrogen (secondary N) is 1. The molecule has 3 N–H and O–H groups in total. The lowest BCUT2D eigenvalue weighted by Crippen LogP contribution is -2.46. The molecule has 0 aliphatic rings. The summed E-state index contributed by atoms with van der Waals surface area (Å²) < 4.78 is 5.90. The van der Waals surface area contributed by atoms with Crippen LogP contribution < -0.4 is 5.32 Å². The second-order valence-electron chi connectivity index (χ2n) is 17.2. The lowest BCUT2D eigenvalue weighted by molar-refractivity contribution is -0.151. The number of carbonyl (C=O) groups excluding carboxylic acids is 2. The zero-order chi connectivity index (χ0) is 44.5. The number of hydrogen-bond acceptors (Lipinski definition) is 5. The highest BCUT2D eigenvalue weighted by atomic mass is 16.5. The van der Waals surface area contributed by atoms with E-state index < -0.39 is 18.2 Å². The fraction of sp³-hybridized carbons (Fsp3) is 0.745. The van der Waals surface area contributed by atoms with Gasteiger partial charge in [-0.3, -0.25) is 9.59 Å². The molecule has 1 amide bonds. The summed E-state index contributed by atoms with van der Waals surface area (Å²) in [6, 6.07) is -0.718. The van der Waals surface area contributed by atoms with Crippen molar-refractivity contribution in [2.24, 2.45) is 0 Å². The summed E-state index contributed by atoms with van der Waals surface area (Å²) in [5, 5.41) is 23.7. The predicted molar refractivity (Wildman–Crippen MR) is 264 cm³/mol. The van der Waals surface area contributed by atoms with Gasteiger partial charge in [0.15, 0.2) is 0 Å². The number of ether oxygens (including phenoxy) is 1. The Labute approximate surface area is 377 Å². The molecule has 0 spiro atoms. The molecule has 6 nitrogen and oxygen atoms in total. The molecule has 3 unspecified atom stereocenters. The lowest BCUT2D eigenvalue weighted by Gasteiger charge is -2.24. The molecule has 0 radical (unpaired) electrons. The number of esters is 1. The van der Waals surface area contributed by atoms with E-state index in [1.807, 2.05) is 0 Å². The molecule has 0 bridgehead atoms. The minimum atomic E-state index is -0.802. The van der Waals surface area contributed by atoms with Crippen LogP contribution in [0.2, 0.25) is 0 Å². The van der Waals surface area contributed by atoms with Gasteiger partial charge in [-0.15, -0.1) is 0 Å². The molecule has 0 aliphatic heterocycles. The first-order valence-corrected chi connectivity index (χ1v) is 25.7. The molecule has 0 aromatic carbocycles. The number of unbranched alkanes of at least 4 members (excludes halogenated alkanes) is 21. The summed E-state index contributed by atoms with van der Waals surface area (Å²) in [6.07, 6.45) is 61.1. The van der Waals surface area contributed by atoms with Crippen LogP contribution in [0.15, 0.2) is 72.9 Å². The lowest BCUT2D eigenvalue weighted by atomic mass is 10.0. The van der Waals surface area contributed by atoms with Crippen molar-refractivity contribution in [1.29, 1.82) is 0 Å². The number of hydrogen-bond donors (Lipinski definition) is 3. The van der Waals surface area contributed by atoms with Crippen LogP contribution in [0.5, 0.6) is 0 Å². The Morgan fingerprint density at radius 1 is 0.492 bits per heavy atom. The van der Waals surface area contributed by atoms with Gasteiger partial charge in [0.25, 0.3) is 0 Å². The van der Waals surface area contributed by atoms with E-state index in [1.165, 1.54) is 96.3 Å². The number of aliphatic hydroxyl groups is 2. The van der Waals surface area contributed by atoms with E-state index >= 15 is 0 Å². The highest BCUT2D eigenvalue weighted by Gasteiger charge is 2.24. The minimum Gasteiger partial charge on any atom is -0.462 e. The van der Waals surface area contributed by atoms with E-state index in [2.05, 4.69) is 99.0 Å². The van der Waals surface area contributed by atoms with E-state index in [9.17, 15) is 19.8 Å². The number of allylic oxidation sites excluding steroid dienone is 12. The SMILES string of the molecule is CC/C=C/C/C=C/C/C=C/CCCCC(CC(=O)NC(CO)C(O)CCCCCCCCCCCCC)OC(=O)CCCCCCCC/C=C\C/C=C\C/C=C\CCCCC. The van der Waals surface area contributed by atoms with Crippen LogP contribution >= 0.6 is 0 Å². The molecule has 0 heterocycles. The monoisotopic (exact) mass is 852 g/mol. The van der Waals surface area contributed by atoms with Crippen molar-refractivity contribution < 1.29 is 24.5 Å². The molecule has 352 valence electrons. The molecule has 0 fully saturated rings. The summed E-state index contributed by atoms with van der Waals surface area (Å²) >= 11 is 0.